The molecule has 6 nitrogen and oxygen atoms in total. The average Bonchev–Trinajstić information content (AvgIpc) is 3.24. The number of benzene rings is 1. The van der Waals surface area contributed by atoms with Crippen molar-refractivity contribution in [2.45, 2.75) is 32.7 Å². The Morgan fingerprint density at radius 2 is 1.89 bits per heavy atom. The monoisotopic (exact) mass is 375 g/mol. The summed E-state index contributed by atoms with van der Waals surface area (Å²) in [6.07, 6.45) is 2.53. The van der Waals surface area contributed by atoms with Crippen LogP contribution < -0.4 is 15.4 Å². The summed E-state index contributed by atoms with van der Waals surface area (Å²) in [6, 6.07) is 8.64. The first kappa shape index (κ1) is 21.5. The fourth-order valence-corrected chi connectivity index (χ4v) is 3.72. The number of aliphatic imine (C=N–C) groups is 1. The average molecular weight is 376 g/mol. The smallest absolute Gasteiger partial charge is 0.191 e. The third-order valence-corrected chi connectivity index (χ3v) is 5.38. The first-order chi connectivity index (χ1) is 13.2. The highest BCUT2D eigenvalue weighted by Gasteiger charge is 2.25. The summed E-state index contributed by atoms with van der Waals surface area (Å²) in [7, 11) is 3.59. The van der Waals surface area contributed by atoms with Crippen molar-refractivity contribution in [2.75, 3.05) is 60.0 Å². The van der Waals surface area contributed by atoms with E-state index >= 15 is 0 Å². The van der Waals surface area contributed by atoms with E-state index in [1.54, 1.807) is 7.11 Å². The van der Waals surface area contributed by atoms with Crippen molar-refractivity contribution in [3.63, 3.8) is 0 Å². The largest absolute Gasteiger partial charge is 0.496 e. The molecule has 0 radical (unpaired) electrons. The third kappa shape index (κ3) is 6.40. The number of nitrogens with one attached hydrogen (secondary N) is 2. The number of methoxy groups -OCH3 is 1. The summed E-state index contributed by atoms with van der Waals surface area (Å²) >= 11 is 0. The summed E-state index contributed by atoms with van der Waals surface area (Å²) in [5.41, 5.74) is 1.24. The van der Waals surface area contributed by atoms with Crippen LogP contribution in [-0.2, 0) is 0 Å². The third-order valence-electron chi connectivity index (χ3n) is 5.38. The predicted octanol–water partition coefficient (Wildman–Crippen LogP) is 2.34. The highest BCUT2D eigenvalue weighted by atomic mass is 16.5. The summed E-state index contributed by atoms with van der Waals surface area (Å²) in [5.74, 6) is 1.82. The second-order valence-corrected chi connectivity index (χ2v) is 6.91. The van der Waals surface area contributed by atoms with E-state index in [-0.39, 0.29) is 6.04 Å². The van der Waals surface area contributed by atoms with Crippen molar-refractivity contribution >= 4 is 5.96 Å². The summed E-state index contributed by atoms with van der Waals surface area (Å²) in [4.78, 5) is 9.35. The Bertz CT molecular complexity index is 567. The molecule has 1 aromatic carbocycles. The van der Waals surface area contributed by atoms with Crippen LogP contribution in [-0.4, -0.2) is 75.7 Å². The molecule has 0 aliphatic carbocycles. The van der Waals surface area contributed by atoms with Gasteiger partial charge in [0.25, 0.3) is 0 Å². The zero-order chi connectivity index (χ0) is 19.5. The molecular formula is C21H37N5O. The number of likely N-dealkylation sites (tertiary alicyclic amines) is 1. The Hall–Kier alpha value is -1.79. The molecular weight excluding hydrogens is 338 g/mol. The molecule has 27 heavy (non-hydrogen) atoms. The molecule has 1 heterocycles. The predicted molar refractivity (Wildman–Crippen MR) is 114 cm³/mol. The Kier molecular flexibility index (Phi) is 9.42. The van der Waals surface area contributed by atoms with Gasteiger partial charge >= 0.3 is 0 Å². The molecule has 0 amide bonds. The molecule has 1 aromatic rings. The Morgan fingerprint density at radius 3 is 2.52 bits per heavy atom. The highest BCUT2D eigenvalue weighted by Crippen LogP contribution is 2.31. The van der Waals surface area contributed by atoms with Gasteiger partial charge in [0.1, 0.15) is 5.75 Å². The molecule has 0 bridgehead atoms. The number of likely N-dealkylation sites (N-methyl/N-ethyl adjacent to an activating group) is 1. The maximum absolute atomic E-state index is 5.63. The van der Waals surface area contributed by atoms with Gasteiger partial charge in [0.15, 0.2) is 5.96 Å². The zero-order valence-electron chi connectivity index (χ0n) is 17.5. The van der Waals surface area contributed by atoms with Gasteiger partial charge in [-0.3, -0.25) is 9.89 Å². The molecule has 1 aliphatic heterocycles. The topological polar surface area (TPSA) is 52.1 Å². The molecule has 2 rings (SSSR count). The summed E-state index contributed by atoms with van der Waals surface area (Å²) < 4.78 is 5.63. The fourth-order valence-electron chi connectivity index (χ4n) is 3.72. The molecule has 0 saturated carbocycles. The number of para-hydroxylation sites is 1. The number of guanidine groups is 1. The molecule has 1 unspecified atom stereocenters. The lowest BCUT2D eigenvalue weighted by molar-refractivity contribution is 0.239. The fraction of sp³-hybridized carbons (Fsp3) is 0.667. The summed E-state index contributed by atoms with van der Waals surface area (Å²) in [5, 5.41) is 6.97. The van der Waals surface area contributed by atoms with Crippen LogP contribution in [0.4, 0.5) is 0 Å². The van der Waals surface area contributed by atoms with Gasteiger partial charge in [0.05, 0.1) is 13.2 Å². The second kappa shape index (κ2) is 11.8. The number of rotatable bonds is 10. The molecule has 0 aromatic heterocycles. The van der Waals surface area contributed by atoms with Crippen LogP contribution in [0.5, 0.6) is 5.75 Å². The number of ether oxygens (including phenoxy) is 1. The van der Waals surface area contributed by atoms with E-state index in [1.165, 1.54) is 18.4 Å². The molecule has 1 saturated heterocycles. The van der Waals surface area contributed by atoms with Gasteiger partial charge in [-0.2, -0.15) is 0 Å². The van der Waals surface area contributed by atoms with Crippen molar-refractivity contribution < 1.29 is 4.74 Å². The van der Waals surface area contributed by atoms with Crippen LogP contribution in [0.25, 0.3) is 0 Å². The van der Waals surface area contributed by atoms with E-state index in [0.717, 1.165) is 57.5 Å². The van der Waals surface area contributed by atoms with Crippen LogP contribution >= 0.6 is 0 Å². The first-order valence-electron chi connectivity index (χ1n) is 10.3. The van der Waals surface area contributed by atoms with E-state index in [9.17, 15) is 0 Å². The normalized spacial score (nSPS) is 16.6. The number of hydrogen-bond donors (Lipinski definition) is 2. The van der Waals surface area contributed by atoms with Crippen LogP contribution in [0.2, 0.25) is 0 Å². The minimum Gasteiger partial charge on any atom is -0.496 e. The van der Waals surface area contributed by atoms with E-state index in [1.807, 2.05) is 13.1 Å². The van der Waals surface area contributed by atoms with Gasteiger partial charge in [-0.1, -0.05) is 32.0 Å². The molecule has 1 aliphatic rings. The van der Waals surface area contributed by atoms with Gasteiger partial charge < -0.3 is 20.3 Å². The molecule has 1 atom stereocenters. The number of nitrogens with zero attached hydrogens (tertiary/aromatic N) is 3. The minimum absolute atomic E-state index is 0.282. The maximum Gasteiger partial charge on any atom is 0.191 e. The molecule has 1 fully saturated rings. The molecule has 6 heteroatoms. The molecule has 152 valence electrons. The lowest BCUT2D eigenvalue weighted by atomic mass is 10.0. The van der Waals surface area contributed by atoms with Gasteiger partial charge in [-0.15, -0.1) is 0 Å². The van der Waals surface area contributed by atoms with Crippen molar-refractivity contribution in [3.8, 4) is 5.75 Å². The second-order valence-electron chi connectivity index (χ2n) is 6.91. The number of hydrogen-bond acceptors (Lipinski definition) is 4. The quantitative estimate of drug-likeness (QED) is 0.486. The standard InChI is InChI=1S/C21H37N5O/c1-5-25(6-2)16-13-23-21(22-3)24-17-19(26-14-9-10-15-26)18-11-7-8-12-20(18)27-4/h7-8,11-12,19H,5-6,9-10,13-17H2,1-4H3,(H2,22,23,24). The minimum atomic E-state index is 0.282. The van der Waals surface area contributed by atoms with Crippen LogP contribution in [0, 0.1) is 0 Å². The SMILES string of the molecule is CCN(CC)CCNC(=NC)NCC(c1ccccc1OC)N1CCCC1. The van der Waals surface area contributed by atoms with Crippen LogP contribution in [0.1, 0.15) is 38.3 Å². The zero-order valence-corrected chi connectivity index (χ0v) is 17.5. The summed E-state index contributed by atoms with van der Waals surface area (Å²) in [6.45, 7) is 11.6. The van der Waals surface area contributed by atoms with Crippen molar-refractivity contribution in [3.05, 3.63) is 29.8 Å². The van der Waals surface area contributed by atoms with Gasteiger partial charge in [0, 0.05) is 32.2 Å². The van der Waals surface area contributed by atoms with Crippen molar-refractivity contribution in [2.24, 2.45) is 4.99 Å². The van der Waals surface area contributed by atoms with E-state index < -0.39 is 0 Å². The van der Waals surface area contributed by atoms with Gasteiger partial charge in [0.2, 0.25) is 0 Å². The van der Waals surface area contributed by atoms with E-state index in [0.29, 0.717) is 0 Å². The van der Waals surface area contributed by atoms with E-state index in [4.69, 9.17) is 4.74 Å². The Balaban J connectivity index is 1.98. The lowest BCUT2D eigenvalue weighted by Gasteiger charge is -2.30. The Labute approximate surface area is 165 Å². The van der Waals surface area contributed by atoms with E-state index in [2.05, 4.69) is 57.5 Å². The highest BCUT2D eigenvalue weighted by molar-refractivity contribution is 5.79. The van der Waals surface area contributed by atoms with Crippen LogP contribution in [0.3, 0.4) is 0 Å². The van der Waals surface area contributed by atoms with Crippen molar-refractivity contribution in [1.29, 1.82) is 0 Å². The van der Waals surface area contributed by atoms with Gasteiger partial charge in [-0.25, -0.2) is 0 Å². The molecule has 0 spiro atoms. The molecule has 2 N–H and O–H groups in total. The van der Waals surface area contributed by atoms with Gasteiger partial charge in [-0.05, 0) is 45.1 Å². The first-order valence-corrected chi connectivity index (χ1v) is 10.3. The van der Waals surface area contributed by atoms with Crippen molar-refractivity contribution in [1.82, 2.24) is 20.4 Å². The lowest BCUT2D eigenvalue weighted by Crippen LogP contribution is -2.44. The van der Waals surface area contributed by atoms with Crippen LogP contribution in [0.15, 0.2) is 29.3 Å². The maximum atomic E-state index is 5.63. The Morgan fingerprint density at radius 1 is 1.19 bits per heavy atom.